The van der Waals surface area contributed by atoms with Crippen molar-refractivity contribution >= 4 is 5.91 Å². The van der Waals surface area contributed by atoms with Gasteiger partial charge < -0.3 is 10.6 Å². The Morgan fingerprint density at radius 2 is 2.21 bits per heavy atom. The highest BCUT2D eigenvalue weighted by Crippen LogP contribution is 2.01. The Morgan fingerprint density at radius 3 is 2.71 bits per heavy atom. The third kappa shape index (κ3) is 5.55. The molecule has 0 aliphatic rings. The SMILES string of the molecule is CC(C#N)CN(C)C(=O)CCCCN. The Balaban J connectivity index is 3.71. The van der Waals surface area contributed by atoms with Crippen molar-refractivity contribution in [2.75, 3.05) is 20.1 Å². The highest BCUT2D eigenvalue weighted by molar-refractivity contribution is 5.75. The van der Waals surface area contributed by atoms with E-state index in [9.17, 15) is 4.79 Å². The van der Waals surface area contributed by atoms with Gasteiger partial charge >= 0.3 is 0 Å². The Hall–Kier alpha value is -1.08. The summed E-state index contributed by atoms with van der Waals surface area (Å²) in [4.78, 5) is 13.1. The summed E-state index contributed by atoms with van der Waals surface area (Å²) in [5.74, 6) is -0.000918. The molecule has 0 heterocycles. The van der Waals surface area contributed by atoms with Crippen molar-refractivity contribution in [3.63, 3.8) is 0 Å². The standard InChI is InChI=1S/C10H19N3O/c1-9(7-12)8-13(2)10(14)5-3-4-6-11/h9H,3-6,8,11H2,1-2H3. The molecule has 0 saturated heterocycles. The topological polar surface area (TPSA) is 70.1 Å². The van der Waals surface area contributed by atoms with E-state index < -0.39 is 0 Å². The highest BCUT2D eigenvalue weighted by atomic mass is 16.2. The quantitative estimate of drug-likeness (QED) is 0.638. The molecule has 1 amide bonds. The van der Waals surface area contributed by atoms with Crippen LogP contribution in [0.1, 0.15) is 26.2 Å². The van der Waals surface area contributed by atoms with E-state index in [0.717, 1.165) is 12.8 Å². The van der Waals surface area contributed by atoms with Crippen LogP contribution in [0, 0.1) is 17.2 Å². The van der Waals surface area contributed by atoms with Gasteiger partial charge in [-0.3, -0.25) is 4.79 Å². The largest absolute Gasteiger partial charge is 0.344 e. The summed E-state index contributed by atoms with van der Waals surface area (Å²) in [5, 5.41) is 8.58. The molecule has 0 rings (SSSR count). The molecule has 0 spiro atoms. The Bertz CT molecular complexity index is 210. The molecule has 0 aliphatic carbocycles. The van der Waals surface area contributed by atoms with Crippen molar-refractivity contribution in [3.8, 4) is 6.07 Å². The number of nitrogens with zero attached hydrogens (tertiary/aromatic N) is 2. The number of rotatable bonds is 6. The fourth-order valence-corrected chi connectivity index (χ4v) is 1.16. The predicted molar refractivity (Wildman–Crippen MR) is 55.3 cm³/mol. The van der Waals surface area contributed by atoms with Crippen LogP contribution in [0.25, 0.3) is 0 Å². The van der Waals surface area contributed by atoms with Gasteiger partial charge in [0.25, 0.3) is 0 Å². The molecule has 80 valence electrons. The van der Waals surface area contributed by atoms with Gasteiger partial charge in [-0.2, -0.15) is 5.26 Å². The third-order valence-electron chi connectivity index (χ3n) is 2.04. The number of carbonyl (C=O) groups excluding carboxylic acids is 1. The first-order chi connectivity index (χ1) is 6.61. The summed E-state index contributed by atoms with van der Waals surface area (Å²) >= 11 is 0. The zero-order chi connectivity index (χ0) is 11.0. The average molecular weight is 197 g/mol. The van der Waals surface area contributed by atoms with Gasteiger partial charge in [0.1, 0.15) is 0 Å². The van der Waals surface area contributed by atoms with Crippen molar-refractivity contribution in [3.05, 3.63) is 0 Å². The molecule has 4 heteroatoms. The Kier molecular flexibility index (Phi) is 6.77. The Morgan fingerprint density at radius 1 is 1.57 bits per heavy atom. The molecule has 1 unspecified atom stereocenters. The lowest BCUT2D eigenvalue weighted by atomic mass is 10.2. The van der Waals surface area contributed by atoms with Gasteiger partial charge in [-0.05, 0) is 26.3 Å². The summed E-state index contributed by atoms with van der Waals surface area (Å²) in [6.45, 7) is 2.95. The number of carbonyl (C=O) groups is 1. The molecular formula is C10H19N3O. The molecular weight excluding hydrogens is 178 g/mol. The predicted octanol–water partition coefficient (Wildman–Crippen LogP) is 0.733. The van der Waals surface area contributed by atoms with Crippen LogP contribution < -0.4 is 5.73 Å². The summed E-state index contributed by atoms with van der Waals surface area (Å²) in [6, 6.07) is 2.10. The smallest absolute Gasteiger partial charge is 0.222 e. The first kappa shape index (κ1) is 12.9. The number of nitrogens with two attached hydrogens (primary N) is 1. The van der Waals surface area contributed by atoms with Crippen LogP contribution in [0.3, 0.4) is 0 Å². The molecule has 0 radical (unpaired) electrons. The first-order valence-corrected chi connectivity index (χ1v) is 4.95. The fraction of sp³-hybridized carbons (Fsp3) is 0.800. The molecule has 0 aromatic rings. The van der Waals surface area contributed by atoms with Gasteiger partial charge in [0.05, 0.1) is 12.0 Å². The summed E-state index contributed by atoms with van der Waals surface area (Å²) in [6.07, 6.45) is 2.25. The van der Waals surface area contributed by atoms with E-state index in [2.05, 4.69) is 6.07 Å². The highest BCUT2D eigenvalue weighted by Gasteiger charge is 2.10. The normalized spacial score (nSPS) is 11.9. The van der Waals surface area contributed by atoms with E-state index >= 15 is 0 Å². The van der Waals surface area contributed by atoms with Gasteiger partial charge in [0.2, 0.25) is 5.91 Å². The minimum Gasteiger partial charge on any atom is -0.344 e. The summed E-state index contributed by atoms with van der Waals surface area (Å²) in [7, 11) is 1.73. The number of hydrogen-bond acceptors (Lipinski definition) is 3. The van der Waals surface area contributed by atoms with Crippen molar-refractivity contribution in [1.82, 2.24) is 4.90 Å². The number of unbranched alkanes of at least 4 members (excludes halogenated alkanes) is 1. The van der Waals surface area contributed by atoms with Crippen LogP contribution in [0.5, 0.6) is 0 Å². The van der Waals surface area contributed by atoms with Crippen LogP contribution in [0.4, 0.5) is 0 Å². The van der Waals surface area contributed by atoms with E-state index in [4.69, 9.17) is 11.0 Å². The lowest BCUT2D eigenvalue weighted by Crippen LogP contribution is -2.30. The van der Waals surface area contributed by atoms with Gasteiger partial charge in [-0.1, -0.05) is 0 Å². The van der Waals surface area contributed by atoms with E-state index in [0.29, 0.717) is 19.5 Å². The number of amides is 1. The summed E-state index contributed by atoms with van der Waals surface area (Å²) < 4.78 is 0. The average Bonchev–Trinajstić information content (AvgIpc) is 2.17. The molecule has 1 atom stereocenters. The summed E-state index contributed by atoms with van der Waals surface area (Å²) in [5.41, 5.74) is 5.33. The minimum atomic E-state index is -0.0986. The zero-order valence-electron chi connectivity index (χ0n) is 8.99. The van der Waals surface area contributed by atoms with Crippen molar-refractivity contribution in [2.45, 2.75) is 26.2 Å². The van der Waals surface area contributed by atoms with Gasteiger partial charge in [-0.15, -0.1) is 0 Å². The lowest BCUT2D eigenvalue weighted by molar-refractivity contribution is -0.130. The maximum atomic E-state index is 11.4. The zero-order valence-corrected chi connectivity index (χ0v) is 8.99. The van der Waals surface area contributed by atoms with Crippen LogP contribution in [0.2, 0.25) is 0 Å². The lowest BCUT2D eigenvalue weighted by Gasteiger charge is -2.17. The van der Waals surface area contributed by atoms with E-state index in [-0.39, 0.29) is 11.8 Å². The second kappa shape index (κ2) is 7.34. The van der Waals surface area contributed by atoms with Crippen LogP contribution in [-0.4, -0.2) is 30.9 Å². The Labute approximate surface area is 85.7 Å². The molecule has 0 bridgehead atoms. The molecule has 2 N–H and O–H groups in total. The van der Waals surface area contributed by atoms with E-state index in [1.165, 1.54) is 0 Å². The van der Waals surface area contributed by atoms with Crippen LogP contribution in [0.15, 0.2) is 0 Å². The van der Waals surface area contributed by atoms with Gasteiger partial charge in [-0.25, -0.2) is 0 Å². The van der Waals surface area contributed by atoms with E-state index in [1.807, 2.05) is 6.92 Å². The van der Waals surface area contributed by atoms with Crippen molar-refractivity contribution < 1.29 is 4.79 Å². The molecule has 0 aromatic carbocycles. The molecule has 4 nitrogen and oxygen atoms in total. The van der Waals surface area contributed by atoms with Crippen LogP contribution >= 0.6 is 0 Å². The monoisotopic (exact) mass is 197 g/mol. The molecule has 0 saturated carbocycles. The third-order valence-corrected chi connectivity index (χ3v) is 2.04. The maximum Gasteiger partial charge on any atom is 0.222 e. The van der Waals surface area contributed by atoms with E-state index in [1.54, 1.807) is 11.9 Å². The molecule has 0 aliphatic heterocycles. The van der Waals surface area contributed by atoms with Gasteiger partial charge in [0, 0.05) is 20.0 Å². The first-order valence-electron chi connectivity index (χ1n) is 4.95. The second-order valence-corrected chi connectivity index (χ2v) is 3.55. The number of nitriles is 1. The molecule has 0 aromatic heterocycles. The maximum absolute atomic E-state index is 11.4. The molecule has 14 heavy (non-hydrogen) atoms. The number of hydrogen-bond donors (Lipinski definition) is 1. The van der Waals surface area contributed by atoms with Gasteiger partial charge in [0.15, 0.2) is 0 Å². The van der Waals surface area contributed by atoms with Crippen LogP contribution in [-0.2, 0) is 4.79 Å². The minimum absolute atomic E-state index is 0.0977. The molecule has 0 fully saturated rings. The second-order valence-electron chi connectivity index (χ2n) is 3.55. The fourth-order valence-electron chi connectivity index (χ4n) is 1.16. The van der Waals surface area contributed by atoms with Crippen molar-refractivity contribution in [2.24, 2.45) is 11.7 Å². The van der Waals surface area contributed by atoms with Crippen molar-refractivity contribution in [1.29, 1.82) is 5.26 Å².